The molecule has 0 saturated carbocycles. The van der Waals surface area contributed by atoms with Crippen molar-refractivity contribution < 1.29 is 4.79 Å². The van der Waals surface area contributed by atoms with Crippen LogP contribution in [0.1, 0.15) is 27.0 Å². The Morgan fingerprint density at radius 2 is 1.81 bits per heavy atom. The first-order chi connectivity index (χ1) is 13.0. The van der Waals surface area contributed by atoms with Gasteiger partial charge >= 0.3 is 0 Å². The van der Waals surface area contributed by atoms with Crippen molar-refractivity contribution >= 4 is 17.5 Å². The summed E-state index contributed by atoms with van der Waals surface area (Å²) in [4.78, 5) is 14.5. The summed E-state index contributed by atoms with van der Waals surface area (Å²) >= 11 is 6.18. The molecule has 0 saturated heterocycles. The van der Waals surface area contributed by atoms with E-state index in [4.69, 9.17) is 11.6 Å². The lowest BCUT2D eigenvalue weighted by atomic mass is 10.1. The van der Waals surface area contributed by atoms with E-state index in [0.29, 0.717) is 23.7 Å². The lowest BCUT2D eigenvalue weighted by Gasteiger charge is -2.10. The van der Waals surface area contributed by atoms with Gasteiger partial charge in [0.1, 0.15) is 0 Å². The van der Waals surface area contributed by atoms with Gasteiger partial charge in [-0.1, -0.05) is 54.1 Å². The molecule has 0 atom stereocenters. The molecule has 0 radical (unpaired) electrons. The van der Waals surface area contributed by atoms with Crippen LogP contribution in [0.25, 0.3) is 0 Å². The fourth-order valence-corrected chi connectivity index (χ4v) is 2.98. The van der Waals surface area contributed by atoms with Gasteiger partial charge in [0.2, 0.25) is 0 Å². The second kappa shape index (κ2) is 8.84. The number of aromatic nitrogens is 2. The molecule has 0 aliphatic heterocycles. The first-order valence-electron chi connectivity index (χ1n) is 8.78. The minimum atomic E-state index is -0.141. The number of rotatable bonds is 7. The molecule has 0 bridgehead atoms. The van der Waals surface area contributed by atoms with E-state index in [-0.39, 0.29) is 5.91 Å². The number of nitrogens with zero attached hydrogens (tertiary/aromatic N) is 3. The molecular weight excluding hydrogens is 360 g/mol. The summed E-state index contributed by atoms with van der Waals surface area (Å²) in [5.41, 5.74) is 3.81. The minimum absolute atomic E-state index is 0.141. The lowest BCUT2D eigenvalue weighted by molar-refractivity contribution is 0.0951. The maximum absolute atomic E-state index is 12.4. The number of amides is 1. The number of hydrogen-bond donors (Lipinski definition) is 1. The Morgan fingerprint density at radius 1 is 1.11 bits per heavy atom. The van der Waals surface area contributed by atoms with E-state index in [1.54, 1.807) is 17.1 Å². The van der Waals surface area contributed by atoms with Gasteiger partial charge in [0.05, 0.1) is 18.3 Å². The fraction of sp³-hybridized carbons (Fsp3) is 0.238. The molecule has 0 fully saturated rings. The Labute approximate surface area is 164 Å². The number of benzene rings is 2. The lowest BCUT2D eigenvalue weighted by Crippen LogP contribution is -2.22. The van der Waals surface area contributed by atoms with Gasteiger partial charge in [-0.15, -0.1) is 0 Å². The SMILES string of the molecule is CN(C)Cc1ccc(CNC(=O)c2cnn(Cc3ccccc3Cl)c2)cc1. The largest absolute Gasteiger partial charge is 0.348 e. The van der Waals surface area contributed by atoms with Gasteiger partial charge in [0.25, 0.3) is 5.91 Å². The Hall–Kier alpha value is -2.63. The zero-order valence-corrected chi connectivity index (χ0v) is 16.3. The Balaban J connectivity index is 1.56. The molecule has 6 heteroatoms. The molecule has 1 heterocycles. The topological polar surface area (TPSA) is 50.2 Å². The molecule has 1 amide bonds. The third kappa shape index (κ3) is 5.42. The normalized spacial score (nSPS) is 11.0. The van der Waals surface area contributed by atoms with Gasteiger partial charge in [0.15, 0.2) is 0 Å². The number of carbonyl (C=O) groups excluding carboxylic acids is 1. The van der Waals surface area contributed by atoms with Crippen molar-refractivity contribution in [1.82, 2.24) is 20.0 Å². The van der Waals surface area contributed by atoms with Crippen LogP contribution in [0.4, 0.5) is 0 Å². The number of halogens is 1. The zero-order valence-electron chi connectivity index (χ0n) is 15.5. The second-order valence-electron chi connectivity index (χ2n) is 6.75. The van der Waals surface area contributed by atoms with Gasteiger partial charge in [-0.3, -0.25) is 9.48 Å². The van der Waals surface area contributed by atoms with E-state index < -0.39 is 0 Å². The van der Waals surface area contributed by atoms with E-state index >= 15 is 0 Å². The van der Waals surface area contributed by atoms with E-state index in [9.17, 15) is 4.79 Å². The number of carbonyl (C=O) groups is 1. The molecule has 1 N–H and O–H groups in total. The molecular formula is C21H23ClN4O. The highest BCUT2D eigenvalue weighted by atomic mass is 35.5. The van der Waals surface area contributed by atoms with E-state index in [0.717, 1.165) is 17.7 Å². The van der Waals surface area contributed by atoms with Crippen LogP contribution >= 0.6 is 11.6 Å². The summed E-state index contributed by atoms with van der Waals surface area (Å²) in [5, 5.41) is 7.89. The molecule has 2 aromatic carbocycles. The van der Waals surface area contributed by atoms with Crippen LogP contribution in [0.5, 0.6) is 0 Å². The molecule has 0 aliphatic carbocycles. The standard InChI is InChI=1S/C21H23ClN4O/c1-25(2)13-17-9-7-16(8-10-17)11-23-21(27)19-12-24-26(15-19)14-18-5-3-4-6-20(18)22/h3-10,12,15H,11,13-14H2,1-2H3,(H,23,27). The van der Waals surface area contributed by atoms with Crippen LogP contribution in [0, 0.1) is 0 Å². The van der Waals surface area contributed by atoms with Crippen molar-refractivity contribution in [1.29, 1.82) is 0 Å². The monoisotopic (exact) mass is 382 g/mol. The minimum Gasteiger partial charge on any atom is -0.348 e. The molecule has 0 unspecified atom stereocenters. The maximum Gasteiger partial charge on any atom is 0.254 e. The highest BCUT2D eigenvalue weighted by Gasteiger charge is 2.09. The van der Waals surface area contributed by atoms with Crippen molar-refractivity contribution in [3.63, 3.8) is 0 Å². The number of nitrogens with one attached hydrogen (secondary N) is 1. The summed E-state index contributed by atoms with van der Waals surface area (Å²) in [7, 11) is 4.08. The molecule has 5 nitrogen and oxygen atoms in total. The Kier molecular flexibility index (Phi) is 6.27. The first-order valence-corrected chi connectivity index (χ1v) is 9.15. The van der Waals surface area contributed by atoms with Gasteiger partial charge in [0, 0.05) is 24.3 Å². The average Bonchev–Trinajstić information content (AvgIpc) is 3.11. The summed E-state index contributed by atoms with van der Waals surface area (Å²) in [6.45, 7) is 1.91. The van der Waals surface area contributed by atoms with Crippen molar-refractivity contribution in [2.75, 3.05) is 14.1 Å². The highest BCUT2D eigenvalue weighted by Crippen LogP contribution is 2.16. The molecule has 0 spiro atoms. The number of hydrogen-bond acceptors (Lipinski definition) is 3. The van der Waals surface area contributed by atoms with Crippen LogP contribution in [0.3, 0.4) is 0 Å². The van der Waals surface area contributed by atoms with Gasteiger partial charge in [-0.25, -0.2) is 0 Å². The smallest absolute Gasteiger partial charge is 0.254 e. The molecule has 1 aromatic heterocycles. The molecule has 140 valence electrons. The van der Waals surface area contributed by atoms with Crippen molar-refractivity contribution in [3.8, 4) is 0 Å². The van der Waals surface area contributed by atoms with Crippen LogP contribution in [0.15, 0.2) is 60.9 Å². The molecule has 0 aliphatic rings. The fourth-order valence-electron chi connectivity index (χ4n) is 2.78. The van der Waals surface area contributed by atoms with E-state index in [2.05, 4.69) is 27.4 Å². The predicted octanol–water partition coefficient (Wildman–Crippen LogP) is 3.58. The molecule has 3 rings (SSSR count). The molecule has 27 heavy (non-hydrogen) atoms. The third-order valence-corrected chi connectivity index (χ3v) is 4.53. The average molecular weight is 383 g/mol. The summed E-state index contributed by atoms with van der Waals surface area (Å²) < 4.78 is 1.71. The van der Waals surface area contributed by atoms with E-state index in [1.807, 2.05) is 50.5 Å². The van der Waals surface area contributed by atoms with Crippen LogP contribution < -0.4 is 5.32 Å². The Morgan fingerprint density at radius 3 is 2.52 bits per heavy atom. The van der Waals surface area contributed by atoms with Crippen LogP contribution in [0.2, 0.25) is 5.02 Å². The molecule has 3 aromatic rings. The highest BCUT2D eigenvalue weighted by molar-refractivity contribution is 6.31. The zero-order chi connectivity index (χ0) is 19.2. The predicted molar refractivity (Wildman–Crippen MR) is 108 cm³/mol. The summed E-state index contributed by atoms with van der Waals surface area (Å²) in [6, 6.07) is 15.9. The van der Waals surface area contributed by atoms with Crippen molar-refractivity contribution in [3.05, 3.63) is 88.2 Å². The quantitative estimate of drug-likeness (QED) is 0.679. The van der Waals surface area contributed by atoms with Gasteiger partial charge in [-0.2, -0.15) is 5.10 Å². The van der Waals surface area contributed by atoms with Crippen molar-refractivity contribution in [2.24, 2.45) is 0 Å². The second-order valence-corrected chi connectivity index (χ2v) is 7.16. The third-order valence-electron chi connectivity index (χ3n) is 4.16. The van der Waals surface area contributed by atoms with Gasteiger partial charge in [-0.05, 0) is 36.9 Å². The van der Waals surface area contributed by atoms with E-state index in [1.165, 1.54) is 5.56 Å². The van der Waals surface area contributed by atoms with Crippen molar-refractivity contribution in [2.45, 2.75) is 19.6 Å². The Bertz CT molecular complexity index is 903. The summed E-state index contributed by atoms with van der Waals surface area (Å²) in [6.07, 6.45) is 3.31. The van der Waals surface area contributed by atoms with Crippen LogP contribution in [-0.2, 0) is 19.6 Å². The van der Waals surface area contributed by atoms with Gasteiger partial charge < -0.3 is 10.2 Å². The van der Waals surface area contributed by atoms with Crippen LogP contribution in [-0.4, -0.2) is 34.7 Å². The first kappa shape index (κ1) is 19.1. The summed E-state index contributed by atoms with van der Waals surface area (Å²) in [5.74, 6) is -0.141. The maximum atomic E-state index is 12.4.